The van der Waals surface area contributed by atoms with Crippen LogP contribution in [0.2, 0.25) is 0 Å². The second kappa shape index (κ2) is 11.2. The molecule has 1 unspecified atom stereocenters. The van der Waals surface area contributed by atoms with Gasteiger partial charge >= 0.3 is 0 Å². The highest BCUT2D eigenvalue weighted by atomic mass is 19.3. The molecule has 0 aromatic heterocycles. The van der Waals surface area contributed by atoms with Gasteiger partial charge in [0.25, 0.3) is 5.92 Å². The maximum absolute atomic E-state index is 14.3. The standard InChI is InChI=1S/C32H38F2N2/c1-8-23(3)24(4)36-19-17-28(18-20-36)31(6,22-26-13-11-10-12-14-26)25(5)35-29-16-15-27(9-2)30(21-29)32(7,33)34/h2,8,10-16,21,28,35H,4-5,17-20,22H2,1,3,6-7H3/b23-8+. The summed E-state index contributed by atoms with van der Waals surface area (Å²) >= 11 is 0. The highest BCUT2D eigenvalue weighted by Gasteiger charge is 2.39. The van der Waals surface area contributed by atoms with Crippen molar-refractivity contribution in [2.45, 2.75) is 52.9 Å². The Labute approximate surface area is 215 Å². The van der Waals surface area contributed by atoms with E-state index in [4.69, 9.17) is 6.42 Å². The summed E-state index contributed by atoms with van der Waals surface area (Å²) in [6.07, 6.45) is 10.4. The summed E-state index contributed by atoms with van der Waals surface area (Å²) in [6, 6.07) is 15.2. The van der Waals surface area contributed by atoms with Gasteiger partial charge in [-0.05, 0) is 68.4 Å². The minimum atomic E-state index is -3.03. The van der Waals surface area contributed by atoms with E-state index < -0.39 is 5.92 Å². The Balaban J connectivity index is 1.88. The van der Waals surface area contributed by atoms with Gasteiger partial charge in [-0.3, -0.25) is 0 Å². The predicted octanol–water partition coefficient (Wildman–Crippen LogP) is 8.15. The zero-order valence-electron chi connectivity index (χ0n) is 22.0. The van der Waals surface area contributed by atoms with Gasteiger partial charge in [0, 0.05) is 53.6 Å². The summed E-state index contributed by atoms with van der Waals surface area (Å²) in [5.41, 5.74) is 4.67. The summed E-state index contributed by atoms with van der Waals surface area (Å²) in [5, 5.41) is 3.39. The van der Waals surface area contributed by atoms with Crippen molar-refractivity contribution in [1.29, 1.82) is 0 Å². The second-order valence-corrected chi connectivity index (χ2v) is 10.2. The molecule has 36 heavy (non-hydrogen) atoms. The fourth-order valence-corrected chi connectivity index (χ4v) is 5.15. The number of anilines is 1. The van der Waals surface area contributed by atoms with Gasteiger partial charge in [0.05, 0.1) is 0 Å². The van der Waals surface area contributed by atoms with Crippen LogP contribution in [0, 0.1) is 23.7 Å². The fraction of sp³-hybridized carbons (Fsp3) is 0.375. The van der Waals surface area contributed by atoms with Crippen LogP contribution in [0.3, 0.4) is 0 Å². The Morgan fingerprint density at radius 3 is 2.33 bits per heavy atom. The average molecular weight is 489 g/mol. The molecular formula is C32H38F2N2. The maximum atomic E-state index is 14.3. The van der Waals surface area contributed by atoms with Crippen LogP contribution in [0.1, 0.15) is 57.2 Å². The van der Waals surface area contributed by atoms with E-state index in [1.54, 1.807) is 12.1 Å². The summed E-state index contributed by atoms with van der Waals surface area (Å²) in [6.45, 7) is 17.8. The first kappa shape index (κ1) is 27.3. The predicted molar refractivity (Wildman–Crippen MR) is 148 cm³/mol. The Morgan fingerprint density at radius 2 is 1.78 bits per heavy atom. The molecule has 0 amide bonds. The molecule has 1 aliphatic heterocycles. The molecule has 0 radical (unpaired) electrons. The molecule has 0 aliphatic carbocycles. The number of hydrogen-bond donors (Lipinski definition) is 1. The van der Waals surface area contributed by atoms with E-state index in [9.17, 15) is 8.78 Å². The van der Waals surface area contributed by atoms with Crippen molar-refractivity contribution in [3.63, 3.8) is 0 Å². The van der Waals surface area contributed by atoms with Crippen LogP contribution >= 0.6 is 0 Å². The average Bonchev–Trinajstić information content (AvgIpc) is 2.87. The molecule has 1 heterocycles. The minimum Gasteiger partial charge on any atom is -0.372 e. The van der Waals surface area contributed by atoms with Crippen molar-refractivity contribution in [2.24, 2.45) is 11.3 Å². The van der Waals surface area contributed by atoms with Crippen molar-refractivity contribution in [3.8, 4) is 12.3 Å². The summed E-state index contributed by atoms with van der Waals surface area (Å²) < 4.78 is 28.5. The maximum Gasteiger partial charge on any atom is 0.271 e. The third kappa shape index (κ3) is 6.08. The highest BCUT2D eigenvalue weighted by Crippen LogP contribution is 2.44. The van der Waals surface area contributed by atoms with E-state index in [1.807, 2.05) is 25.1 Å². The lowest BCUT2D eigenvalue weighted by molar-refractivity contribution is 0.0173. The van der Waals surface area contributed by atoms with Crippen molar-refractivity contribution in [2.75, 3.05) is 18.4 Å². The normalized spacial score (nSPS) is 16.7. The lowest BCUT2D eigenvalue weighted by atomic mass is 9.67. The largest absolute Gasteiger partial charge is 0.372 e. The topological polar surface area (TPSA) is 15.3 Å². The van der Waals surface area contributed by atoms with Crippen molar-refractivity contribution < 1.29 is 8.78 Å². The molecule has 1 fully saturated rings. The Morgan fingerprint density at radius 1 is 1.14 bits per heavy atom. The first-order chi connectivity index (χ1) is 17.0. The molecule has 1 saturated heterocycles. The van der Waals surface area contributed by atoms with E-state index in [1.165, 1.54) is 17.2 Å². The quantitative estimate of drug-likeness (QED) is 0.283. The first-order valence-electron chi connectivity index (χ1n) is 12.6. The number of benzene rings is 2. The molecular weight excluding hydrogens is 450 g/mol. The van der Waals surface area contributed by atoms with Crippen molar-refractivity contribution >= 4 is 5.69 Å². The Hall–Kier alpha value is -3.32. The number of allylic oxidation sites excluding steroid dienone is 3. The number of nitrogens with one attached hydrogen (secondary N) is 1. The van der Waals surface area contributed by atoms with Gasteiger partial charge in [-0.15, -0.1) is 6.42 Å². The zero-order chi connectivity index (χ0) is 26.5. The van der Waals surface area contributed by atoms with Gasteiger partial charge in [0.2, 0.25) is 0 Å². The van der Waals surface area contributed by atoms with Crippen molar-refractivity contribution in [1.82, 2.24) is 4.90 Å². The zero-order valence-corrected chi connectivity index (χ0v) is 22.0. The van der Waals surface area contributed by atoms with E-state index in [0.717, 1.165) is 50.7 Å². The van der Waals surface area contributed by atoms with Crippen LogP contribution in [0.4, 0.5) is 14.5 Å². The van der Waals surface area contributed by atoms with E-state index in [0.29, 0.717) is 11.6 Å². The number of halogens is 2. The fourth-order valence-electron chi connectivity index (χ4n) is 5.15. The Kier molecular flexibility index (Phi) is 8.46. The molecule has 1 N–H and O–H groups in total. The molecule has 190 valence electrons. The number of alkyl halides is 2. The molecule has 1 aliphatic rings. The first-order valence-corrected chi connectivity index (χ1v) is 12.6. The highest BCUT2D eigenvalue weighted by molar-refractivity contribution is 5.57. The van der Waals surface area contributed by atoms with Crippen LogP contribution in [-0.4, -0.2) is 18.0 Å². The van der Waals surface area contributed by atoms with E-state index in [-0.39, 0.29) is 16.5 Å². The molecule has 1 atom stereocenters. The van der Waals surface area contributed by atoms with Crippen molar-refractivity contribution in [3.05, 3.63) is 101 Å². The van der Waals surface area contributed by atoms with Gasteiger partial charge < -0.3 is 10.2 Å². The molecule has 2 aromatic carbocycles. The van der Waals surface area contributed by atoms with Crippen LogP contribution < -0.4 is 5.32 Å². The van der Waals surface area contributed by atoms with Gasteiger partial charge in [-0.1, -0.05) is 62.4 Å². The number of nitrogens with zero attached hydrogens (tertiary/aromatic N) is 1. The molecule has 3 rings (SSSR count). The van der Waals surface area contributed by atoms with Gasteiger partial charge in [0.1, 0.15) is 0 Å². The molecule has 2 aromatic rings. The monoisotopic (exact) mass is 488 g/mol. The van der Waals surface area contributed by atoms with Crippen LogP contribution in [-0.2, 0) is 12.3 Å². The molecule has 4 heteroatoms. The summed E-state index contributed by atoms with van der Waals surface area (Å²) in [5.74, 6) is -0.291. The van der Waals surface area contributed by atoms with Gasteiger partial charge in [-0.25, -0.2) is 8.78 Å². The number of likely N-dealkylation sites (tertiary alicyclic amines) is 1. The minimum absolute atomic E-state index is 0.154. The van der Waals surface area contributed by atoms with E-state index in [2.05, 4.69) is 61.4 Å². The number of rotatable bonds is 9. The summed E-state index contributed by atoms with van der Waals surface area (Å²) in [7, 11) is 0. The van der Waals surface area contributed by atoms with Gasteiger partial charge in [0.15, 0.2) is 0 Å². The van der Waals surface area contributed by atoms with E-state index >= 15 is 0 Å². The molecule has 2 nitrogen and oxygen atoms in total. The van der Waals surface area contributed by atoms with Crippen LogP contribution in [0.25, 0.3) is 0 Å². The third-order valence-corrected chi connectivity index (χ3v) is 7.71. The lowest BCUT2D eigenvalue weighted by Crippen LogP contribution is -2.42. The number of terminal acetylenes is 1. The molecule has 0 bridgehead atoms. The third-order valence-electron chi connectivity index (χ3n) is 7.71. The Bertz CT molecular complexity index is 1160. The number of hydrogen-bond acceptors (Lipinski definition) is 2. The number of piperidine rings is 1. The summed E-state index contributed by atoms with van der Waals surface area (Å²) in [4.78, 5) is 2.36. The van der Waals surface area contributed by atoms with Crippen LogP contribution in [0.15, 0.2) is 84.7 Å². The smallest absolute Gasteiger partial charge is 0.271 e. The molecule has 0 spiro atoms. The lowest BCUT2D eigenvalue weighted by Gasteiger charge is -2.45. The SMILES string of the molecule is C#Cc1ccc(NC(=C)C(C)(Cc2ccccc2)C2CCN(C(=C)/C(C)=C/C)CC2)cc1C(C)(F)F. The van der Waals surface area contributed by atoms with Gasteiger partial charge in [-0.2, -0.15) is 0 Å². The second-order valence-electron chi connectivity index (χ2n) is 10.2. The van der Waals surface area contributed by atoms with Crippen LogP contribution in [0.5, 0.6) is 0 Å². The molecule has 0 saturated carbocycles.